The Morgan fingerprint density at radius 3 is 2.67 bits per heavy atom. The summed E-state index contributed by atoms with van der Waals surface area (Å²) < 4.78 is 0. The summed E-state index contributed by atoms with van der Waals surface area (Å²) in [5, 5.41) is 5.16. The van der Waals surface area contributed by atoms with Crippen molar-refractivity contribution in [1.82, 2.24) is 0 Å². The van der Waals surface area contributed by atoms with Gasteiger partial charge >= 0.3 is 0 Å². The number of hydrogen-bond donors (Lipinski definition) is 1. The van der Waals surface area contributed by atoms with E-state index in [1.807, 2.05) is 6.08 Å². The Morgan fingerprint density at radius 1 is 1.07 bits per heavy atom. The van der Waals surface area contributed by atoms with Gasteiger partial charge < -0.3 is 5.32 Å². The Balaban J connectivity index is 2.48. The Kier molecular flexibility index (Phi) is 1.86. The zero-order chi connectivity index (χ0) is 10.3. The van der Waals surface area contributed by atoms with Crippen LogP contribution in [0.1, 0.15) is 16.7 Å². The minimum Gasteiger partial charge on any atom is -0.339 e. The molecule has 15 heavy (non-hydrogen) atoms. The van der Waals surface area contributed by atoms with Crippen LogP contribution in [-0.4, -0.2) is 0 Å². The maximum atomic E-state index is 3.88. The van der Waals surface area contributed by atoms with E-state index in [2.05, 4.69) is 42.2 Å². The highest BCUT2D eigenvalue weighted by Gasteiger charge is 2.14. The van der Waals surface area contributed by atoms with E-state index in [0.717, 1.165) is 13.1 Å². The first kappa shape index (κ1) is 8.69. The lowest BCUT2D eigenvalue weighted by Gasteiger charge is -2.16. The van der Waals surface area contributed by atoms with Crippen molar-refractivity contribution in [2.24, 2.45) is 0 Å². The van der Waals surface area contributed by atoms with Crippen molar-refractivity contribution in [3.63, 3.8) is 0 Å². The molecule has 1 aliphatic rings. The highest BCUT2D eigenvalue weighted by molar-refractivity contribution is 5.95. The minimum atomic E-state index is 1.10. The Morgan fingerprint density at radius 2 is 1.87 bits per heavy atom. The molecule has 0 atom stereocenters. The van der Waals surface area contributed by atoms with Crippen LogP contribution < -0.4 is 5.32 Å². The number of rotatable bonds is 1. The average Bonchev–Trinajstić information content (AvgIpc) is 2.30. The number of benzene rings is 2. The second-order valence-electron chi connectivity index (χ2n) is 4.05. The molecule has 1 heteroatoms. The van der Waals surface area contributed by atoms with Gasteiger partial charge in [-0.15, -0.1) is 0 Å². The average molecular weight is 196 g/mol. The summed E-state index contributed by atoms with van der Waals surface area (Å²) >= 11 is 0. The lowest BCUT2D eigenvalue weighted by molar-refractivity contribution is -0.687. The molecule has 0 amide bonds. The molecule has 0 aliphatic carbocycles. The molecule has 0 unspecified atom stereocenters. The third kappa shape index (κ3) is 1.20. The lowest BCUT2D eigenvalue weighted by Crippen LogP contribution is -2.81. The van der Waals surface area contributed by atoms with Crippen LogP contribution in [0.4, 0.5) is 0 Å². The van der Waals surface area contributed by atoms with Crippen LogP contribution in [0.15, 0.2) is 36.9 Å². The summed E-state index contributed by atoms with van der Waals surface area (Å²) in [6, 6.07) is 11.0. The van der Waals surface area contributed by atoms with E-state index in [9.17, 15) is 0 Å². The number of hydrogen-bond acceptors (Lipinski definition) is 0. The van der Waals surface area contributed by atoms with Crippen molar-refractivity contribution in [3.8, 4) is 0 Å². The van der Waals surface area contributed by atoms with Crippen molar-refractivity contribution < 1.29 is 5.32 Å². The Bertz CT molecular complexity index is 530. The molecule has 1 heterocycles. The monoisotopic (exact) mass is 196 g/mol. The number of quaternary nitrogens is 1. The molecule has 2 aromatic carbocycles. The van der Waals surface area contributed by atoms with Gasteiger partial charge in [-0.05, 0) is 16.3 Å². The van der Waals surface area contributed by atoms with Gasteiger partial charge in [0.05, 0.1) is 0 Å². The van der Waals surface area contributed by atoms with Crippen LogP contribution in [0, 0.1) is 0 Å². The summed E-state index contributed by atoms with van der Waals surface area (Å²) in [6.07, 6.45) is 1.95. The van der Waals surface area contributed by atoms with E-state index >= 15 is 0 Å². The maximum Gasteiger partial charge on any atom is 0.102 e. The van der Waals surface area contributed by atoms with Crippen LogP contribution in [0.25, 0.3) is 16.8 Å². The molecule has 2 aromatic rings. The molecule has 1 nitrogen and oxygen atoms in total. The molecule has 0 saturated heterocycles. The van der Waals surface area contributed by atoms with Gasteiger partial charge in [0.1, 0.15) is 13.1 Å². The molecule has 0 saturated carbocycles. The smallest absolute Gasteiger partial charge is 0.102 e. The van der Waals surface area contributed by atoms with E-state index in [4.69, 9.17) is 0 Å². The highest BCUT2D eigenvalue weighted by atomic mass is 14.9. The van der Waals surface area contributed by atoms with Gasteiger partial charge in [0.15, 0.2) is 0 Å². The van der Waals surface area contributed by atoms with E-state index in [-0.39, 0.29) is 0 Å². The van der Waals surface area contributed by atoms with Gasteiger partial charge in [-0.3, -0.25) is 0 Å². The molecule has 0 spiro atoms. The molecular formula is C14H14N+. The summed E-state index contributed by atoms with van der Waals surface area (Å²) in [5.41, 5.74) is 4.16. The second-order valence-corrected chi connectivity index (χ2v) is 4.05. The normalized spacial score (nSPS) is 14.1. The molecule has 2 N–H and O–H groups in total. The quantitative estimate of drug-likeness (QED) is 0.719. The van der Waals surface area contributed by atoms with Crippen molar-refractivity contribution in [1.29, 1.82) is 0 Å². The molecule has 74 valence electrons. The predicted octanol–water partition coefficient (Wildman–Crippen LogP) is 2.06. The third-order valence-corrected chi connectivity index (χ3v) is 3.20. The van der Waals surface area contributed by atoms with Crippen LogP contribution in [0.5, 0.6) is 0 Å². The van der Waals surface area contributed by atoms with E-state index in [0.29, 0.717) is 0 Å². The van der Waals surface area contributed by atoms with Crippen LogP contribution in [0.3, 0.4) is 0 Å². The zero-order valence-corrected chi connectivity index (χ0v) is 8.66. The minimum absolute atomic E-state index is 1.10. The fourth-order valence-electron chi connectivity index (χ4n) is 2.48. The standard InChI is InChI=1S/C14H13N/c1-2-10-6-7-12-9-15-8-11-4-3-5-13(10)14(11)12/h2-7,15H,1,8-9H2/p+1. The molecule has 0 bridgehead atoms. The molecule has 0 aromatic heterocycles. The summed E-state index contributed by atoms with van der Waals surface area (Å²) in [5.74, 6) is 0. The highest BCUT2D eigenvalue weighted by Crippen LogP contribution is 2.27. The van der Waals surface area contributed by atoms with Crippen molar-refractivity contribution in [2.75, 3.05) is 0 Å². The van der Waals surface area contributed by atoms with Crippen LogP contribution in [-0.2, 0) is 13.1 Å². The second kappa shape index (κ2) is 3.21. The summed E-state index contributed by atoms with van der Waals surface area (Å²) in [7, 11) is 0. The van der Waals surface area contributed by atoms with Gasteiger partial charge in [-0.2, -0.15) is 0 Å². The Labute approximate surface area is 89.4 Å². The van der Waals surface area contributed by atoms with Crippen LogP contribution >= 0.6 is 0 Å². The topological polar surface area (TPSA) is 16.6 Å². The summed E-state index contributed by atoms with van der Waals surface area (Å²) in [6.45, 7) is 6.08. The van der Waals surface area contributed by atoms with Crippen molar-refractivity contribution in [2.45, 2.75) is 13.1 Å². The van der Waals surface area contributed by atoms with Gasteiger partial charge in [0, 0.05) is 11.1 Å². The van der Waals surface area contributed by atoms with Gasteiger partial charge in [0.2, 0.25) is 0 Å². The van der Waals surface area contributed by atoms with E-state index in [1.54, 1.807) is 0 Å². The van der Waals surface area contributed by atoms with E-state index in [1.165, 1.54) is 27.5 Å². The summed E-state index contributed by atoms with van der Waals surface area (Å²) in [4.78, 5) is 0. The zero-order valence-electron chi connectivity index (χ0n) is 8.66. The van der Waals surface area contributed by atoms with Crippen LogP contribution in [0.2, 0.25) is 0 Å². The first-order chi connectivity index (χ1) is 7.40. The van der Waals surface area contributed by atoms with Crippen molar-refractivity contribution in [3.05, 3.63) is 53.6 Å². The largest absolute Gasteiger partial charge is 0.339 e. The maximum absolute atomic E-state index is 3.88. The first-order valence-corrected chi connectivity index (χ1v) is 5.38. The first-order valence-electron chi connectivity index (χ1n) is 5.38. The number of nitrogens with two attached hydrogens (primary N) is 1. The fraction of sp³-hybridized carbons (Fsp3) is 0.143. The molecule has 0 radical (unpaired) electrons. The van der Waals surface area contributed by atoms with Gasteiger partial charge in [-0.25, -0.2) is 0 Å². The molecule has 0 fully saturated rings. The van der Waals surface area contributed by atoms with Gasteiger partial charge in [-0.1, -0.05) is 43.0 Å². The molecule has 3 rings (SSSR count). The fourth-order valence-corrected chi connectivity index (χ4v) is 2.48. The predicted molar refractivity (Wildman–Crippen MR) is 63.4 cm³/mol. The SMILES string of the molecule is C=Cc1ccc2c3c(cccc13)C[NH2+]C2. The Hall–Kier alpha value is -1.60. The molecule has 1 aliphatic heterocycles. The third-order valence-electron chi connectivity index (χ3n) is 3.20. The lowest BCUT2D eigenvalue weighted by atomic mass is 9.93. The van der Waals surface area contributed by atoms with Gasteiger partial charge in [0.25, 0.3) is 0 Å². The van der Waals surface area contributed by atoms with E-state index < -0.39 is 0 Å². The molecular weight excluding hydrogens is 182 g/mol. The van der Waals surface area contributed by atoms with Crippen molar-refractivity contribution >= 4 is 16.8 Å².